The number of nitrogens with one attached hydrogen (secondary N) is 1. The lowest BCUT2D eigenvalue weighted by molar-refractivity contribution is 0.0947. The molecule has 0 fully saturated rings. The van der Waals surface area contributed by atoms with Gasteiger partial charge in [-0.15, -0.1) is 0 Å². The number of likely N-dealkylation sites (N-methyl/N-ethyl adjacent to an activating group) is 1. The van der Waals surface area contributed by atoms with Crippen LogP contribution in [0.4, 0.5) is 5.69 Å². The van der Waals surface area contributed by atoms with Crippen LogP contribution >= 0.6 is 11.6 Å². The minimum atomic E-state index is -0.147. The predicted molar refractivity (Wildman–Crippen MR) is 80.6 cm³/mol. The number of carbonyl (C=O) groups is 1. The number of halogens is 1. The SMILES string of the molecule is CCC(C)N(C)CCNC(=O)c1cc(N)cc(Cl)c1. The first-order valence-electron chi connectivity index (χ1n) is 6.48. The second kappa shape index (κ2) is 7.36. The summed E-state index contributed by atoms with van der Waals surface area (Å²) in [5.74, 6) is -0.147. The Balaban J connectivity index is 2.47. The number of benzene rings is 1. The molecule has 5 heteroatoms. The van der Waals surface area contributed by atoms with E-state index in [9.17, 15) is 4.79 Å². The van der Waals surface area contributed by atoms with Crippen molar-refractivity contribution in [3.05, 3.63) is 28.8 Å². The van der Waals surface area contributed by atoms with Crippen molar-refractivity contribution < 1.29 is 4.79 Å². The van der Waals surface area contributed by atoms with E-state index < -0.39 is 0 Å². The Labute approximate surface area is 119 Å². The summed E-state index contributed by atoms with van der Waals surface area (Å²) in [5.41, 5.74) is 6.65. The summed E-state index contributed by atoms with van der Waals surface area (Å²) in [6.07, 6.45) is 1.09. The van der Waals surface area contributed by atoms with Crippen molar-refractivity contribution in [1.82, 2.24) is 10.2 Å². The summed E-state index contributed by atoms with van der Waals surface area (Å²) in [7, 11) is 2.05. The zero-order valence-electron chi connectivity index (χ0n) is 11.7. The van der Waals surface area contributed by atoms with Crippen LogP contribution in [-0.4, -0.2) is 37.0 Å². The minimum Gasteiger partial charge on any atom is -0.399 e. The van der Waals surface area contributed by atoms with E-state index in [2.05, 4.69) is 31.1 Å². The number of anilines is 1. The first kappa shape index (κ1) is 15.8. The maximum Gasteiger partial charge on any atom is 0.251 e. The lowest BCUT2D eigenvalue weighted by Gasteiger charge is -2.23. The first-order chi connectivity index (χ1) is 8.93. The van der Waals surface area contributed by atoms with E-state index in [0.29, 0.717) is 28.9 Å². The number of nitrogens with two attached hydrogens (primary N) is 1. The Bertz CT molecular complexity index is 416. The monoisotopic (exact) mass is 283 g/mol. The molecule has 0 saturated carbocycles. The summed E-state index contributed by atoms with van der Waals surface area (Å²) in [4.78, 5) is 14.1. The molecule has 0 spiro atoms. The number of nitrogen functional groups attached to an aromatic ring is 1. The predicted octanol–water partition coefficient (Wildman–Crippen LogP) is 2.38. The molecule has 0 aliphatic rings. The lowest BCUT2D eigenvalue weighted by atomic mass is 10.2. The number of rotatable bonds is 6. The normalized spacial score (nSPS) is 12.5. The fourth-order valence-electron chi connectivity index (χ4n) is 1.72. The highest BCUT2D eigenvalue weighted by Gasteiger charge is 2.09. The van der Waals surface area contributed by atoms with E-state index in [4.69, 9.17) is 17.3 Å². The van der Waals surface area contributed by atoms with Crippen LogP contribution in [0.15, 0.2) is 18.2 Å². The molecule has 1 unspecified atom stereocenters. The number of amides is 1. The summed E-state index contributed by atoms with van der Waals surface area (Å²) in [6.45, 7) is 5.73. The van der Waals surface area contributed by atoms with Crippen LogP contribution in [0.2, 0.25) is 5.02 Å². The van der Waals surface area contributed by atoms with Gasteiger partial charge in [-0.05, 0) is 38.6 Å². The zero-order chi connectivity index (χ0) is 14.4. The van der Waals surface area contributed by atoms with E-state index in [-0.39, 0.29) is 5.91 Å². The van der Waals surface area contributed by atoms with E-state index in [1.165, 1.54) is 0 Å². The van der Waals surface area contributed by atoms with Gasteiger partial charge in [0, 0.05) is 35.4 Å². The third-order valence-electron chi connectivity index (χ3n) is 3.28. The molecule has 1 aromatic carbocycles. The van der Waals surface area contributed by atoms with Gasteiger partial charge in [0.15, 0.2) is 0 Å². The van der Waals surface area contributed by atoms with Gasteiger partial charge in [-0.25, -0.2) is 0 Å². The van der Waals surface area contributed by atoms with Crippen molar-refractivity contribution in [3.8, 4) is 0 Å². The van der Waals surface area contributed by atoms with Gasteiger partial charge in [0.25, 0.3) is 5.91 Å². The fraction of sp³-hybridized carbons (Fsp3) is 0.500. The summed E-state index contributed by atoms with van der Waals surface area (Å²) in [6, 6.07) is 5.37. The van der Waals surface area contributed by atoms with Crippen molar-refractivity contribution in [2.75, 3.05) is 25.9 Å². The van der Waals surface area contributed by atoms with Gasteiger partial charge in [0.05, 0.1) is 0 Å². The zero-order valence-corrected chi connectivity index (χ0v) is 12.5. The molecular formula is C14H22ClN3O. The molecule has 106 valence electrons. The highest BCUT2D eigenvalue weighted by Crippen LogP contribution is 2.16. The number of hydrogen-bond donors (Lipinski definition) is 2. The van der Waals surface area contributed by atoms with Gasteiger partial charge in [-0.3, -0.25) is 4.79 Å². The largest absolute Gasteiger partial charge is 0.399 e. The molecule has 0 aromatic heterocycles. The molecule has 0 radical (unpaired) electrons. The van der Waals surface area contributed by atoms with Gasteiger partial charge in [0.1, 0.15) is 0 Å². The van der Waals surface area contributed by atoms with E-state index in [1.54, 1.807) is 18.2 Å². The lowest BCUT2D eigenvalue weighted by Crippen LogP contribution is -2.37. The standard InChI is InChI=1S/C14H22ClN3O/c1-4-10(2)18(3)6-5-17-14(19)11-7-12(15)9-13(16)8-11/h7-10H,4-6,16H2,1-3H3,(H,17,19). The molecule has 0 heterocycles. The molecule has 4 nitrogen and oxygen atoms in total. The van der Waals surface area contributed by atoms with Gasteiger partial charge >= 0.3 is 0 Å². The Hall–Kier alpha value is -1.26. The van der Waals surface area contributed by atoms with Gasteiger partial charge in [-0.1, -0.05) is 18.5 Å². The van der Waals surface area contributed by atoms with Crippen LogP contribution in [0.25, 0.3) is 0 Å². The maximum absolute atomic E-state index is 11.9. The summed E-state index contributed by atoms with van der Waals surface area (Å²) in [5, 5.41) is 3.34. The van der Waals surface area contributed by atoms with Gasteiger partial charge in [-0.2, -0.15) is 0 Å². The highest BCUT2D eigenvalue weighted by atomic mass is 35.5. The third kappa shape index (κ3) is 5.09. The van der Waals surface area contributed by atoms with E-state index >= 15 is 0 Å². The molecule has 1 aromatic rings. The van der Waals surface area contributed by atoms with Crippen molar-refractivity contribution in [1.29, 1.82) is 0 Å². The van der Waals surface area contributed by atoms with Crippen molar-refractivity contribution in [3.63, 3.8) is 0 Å². The average molecular weight is 284 g/mol. The number of nitrogens with zero attached hydrogens (tertiary/aromatic N) is 1. The summed E-state index contributed by atoms with van der Waals surface area (Å²) < 4.78 is 0. The van der Waals surface area contributed by atoms with Gasteiger partial charge in [0.2, 0.25) is 0 Å². The second-order valence-corrected chi connectivity index (χ2v) is 5.20. The summed E-state index contributed by atoms with van der Waals surface area (Å²) >= 11 is 5.87. The molecule has 1 atom stereocenters. The molecule has 19 heavy (non-hydrogen) atoms. The molecule has 0 bridgehead atoms. The average Bonchev–Trinajstić information content (AvgIpc) is 2.36. The van der Waals surface area contributed by atoms with Crippen LogP contribution in [-0.2, 0) is 0 Å². The van der Waals surface area contributed by atoms with Crippen LogP contribution in [0.5, 0.6) is 0 Å². The number of hydrogen-bond acceptors (Lipinski definition) is 3. The molecule has 1 rings (SSSR count). The molecular weight excluding hydrogens is 262 g/mol. The Kier molecular flexibility index (Phi) is 6.12. The molecule has 0 aliphatic carbocycles. The van der Waals surface area contributed by atoms with E-state index in [0.717, 1.165) is 13.0 Å². The molecule has 1 amide bonds. The Morgan fingerprint density at radius 1 is 1.47 bits per heavy atom. The smallest absolute Gasteiger partial charge is 0.251 e. The fourth-order valence-corrected chi connectivity index (χ4v) is 1.97. The first-order valence-corrected chi connectivity index (χ1v) is 6.86. The van der Waals surface area contributed by atoms with Crippen LogP contribution in [0.1, 0.15) is 30.6 Å². The van der Waals surface area contributed by atoms with Crippen molar-refractivity contribution >= 4 is 23.2 Å². The maximum atomic E-state index is 11.9. The number of carbonyl (C=O) groups excluding carboxylic acids is 1. The van der Waals surface area contributed by atoms with Crippen LogP contribution in [0, 0.1) is 0 Å². The Morgan fingerprint density at radius 2 is 2.16 bits per heavy atom. The topological polar surface area (TPSA) is 58.4 Å². The Morgan fingerprint density at radius 3 is 2.74 bits per heavy atom. The quantitative estimate of drug-likeness (QED) is 0.788. The van der Waals surface area contributed by atoms with E-state index in [1.807, 2.05) is 0 Å². The minimum absolute atomic E-state index is 0.147. The third-order valence-corrected chi connectivity index (χ3v) is 3.49. The molecule has 0 saturated heterocycles. The highest BCUT2D eigenvalue weighted by molar-refractivity contribution is 6.31. The van der Waals surface area contributed by atoms with Crippen molar-refractivity contribution in [2.45, 2.75) is 26.3 Å². The van der Waals surface area contributed by atoms with Crippen LogP contribution in [0.3, 0.4) is 0 Å². The molecule has 3 N–H and O–H groups in total. The van der Waals surface area contributed by atoms with Crippen molar-refractivity contribution in [2.24, 2.45) is 0 Å². The van der Waals surface area contributed by atoms with Gasteiger partial charge < -0.3 is 16.0 Å². The molecule has 0 aliphatic heterocycles. The second-order valence-electron chi connectivity index (χ2n) is 4.77. The van der Waals surface area contributed by atoms with Crippen LogP contribution < -0.4 is 11.1 Å².